The fourth-order valence-electron chi connectivity index (χ4n) is 1.98. The van der Waals surface area contributed by atoms with Crippen LogP contribution >= 0.6 is 0 Å². The molecular weight excluding hydrogens is 248 g/mol. The summed E-state index contributed by atoms with van der Waals surface area (Å²) >= 11 is 0. The first-order chi connectivity index (χ1) is 9.76. The SMILES string of the molecule is C/C=C1/NC(=O)CN=C(c2ccccc2)/C1=C/C.CC. The largest absolute Gasteiger partial charge is 0.324 e. The van der Waals surface area contributed by atoms with E-state index < -0.39 is 0 Å². The Labute approximate surface area is 121 Å². The average molecular weight is 270 g/mol. The molecule has 0 bridgehead atoms. The fraction of sp³-hybridized carbons (Fsp3) is 0.294. The van der Waals surface area contributed by atoms with E-state index in [9.17, 15) is 4.79 Å². The van der Waals surface area contributed by atoms with Gasteiger partial charge in [-0.15, -0.1) is 0 Å². The van der Waals surface area contributed by atoms with Gasteiger partial charge in [-0.25, -0.2) is 0 Å². The summed E-state index contributed by atoms with van der Waals surface area (Å²) in [6.07, 6.45) is 3.88. The van der Waals surface area contributed by atoms with Gasteiger partial charge in [0.05, 0.1) is 5.71 Å². The summed E-state index contributed by atoms with van der Waals surface area (Å²) in [7, 11) is 0. The van der Waals surface area contributed by atoms with Gasteiger partial charge in [0.25, 0.3) is 0 Å². The number of hydrogen-bond acceptors (Lipinski definition) is 2. The summed E-state index contributed by atoms with van der Waals surface area (Å²) in [5, 5.41) is 2.87. The van der Waals surface area contributed by atoms with E-state index in [-0.39, 0.29) is 12.5 Å². The van der Waals surface area contributed by atoms with E-state index in [1.54, 1.807) is 0 Å². The lowest BCUT2D eigenvalue weighted by atomic mass is 9.99. The monoisotopic (exact) mass is 270 g/mol. The lowest BCUT2D eigenvalue weighted by Crippen LogP contribution is -2.24. The predicted molar refractivity (Wildman–Crippen MR) is 84.9 cm³/mol. The summed E-state index contributed by atoms with van der Waals surface area (Å²) in [6, 6.07) is 9.92. The molecule has 20 heavy (non-hydrogen) atoms. The minimum Gasteiger partial charge on any atom is -0.324 e. The molecule has 2 rings (SSSR count). The minimum atomic E-state index is -0.0756. The summed E-state index contributed by atoms with van der Waals surface area (Å²) < 4.78 is 0. The molecule has 0 radical (unpaired) electrons. The Morgan fingerprint density at radius 1 is 1.10 bits per heavy atom. The van der Waals surface area contributed by atoms with Crippen molar-refractivity contribution in [2.45, 2.75) is 27.7 Å². The predicted octanol–water partition coefficient (Wildman–Crippen LogP) is 3.48. The first-order valence-corrected chi connectivity index (χ1v) is 6.99. The molecule has 1 amide bonds. The third-order valence-corrected chi connectivity index (χ3v) is 2.82. The highest BCUT2D eigenvalue weighted by molar-refractivity contribution is 6.16. The molecule has 1 aromatic rings. The van der Waals surface area contributed by atoms with E-state index in [0.717, 1.165) is 22.5 Å². The number of benzene rings is 1. The number of allylic oxidation sites excluding steroid dienone is 3. The van der Waals surface area contributed by atoms with Crippen molar-refractivity contribution in [2.75, 3.05) is 6.54 Å². The van der Waals surface area contributed by atoms with Crippen molar-refractivity contribution in [1.82, 2.24) is 5.32 Å². The molecule has 0 aromatic heterocycles. The molecule has 0 saturated carbocycles. The number of aliphatic imine (C=N–C) groups is 1. The molecule has 0 aliphatic carbocycles. The van der Waals surface area contributed by atoms with Crippen molar-refractivity contribution < 1.29 is 4.79 Å². The molecule has 1 aliphatic rings. The molecule has 0 fully saturated rings. The highest BCUT2D eigenvalue weighted by Crippen LogP contribution is 2.18. The standard InChI is InChI=1S/C15H16N2O.C2H6/c1-3-12-13(4-2)17-14(18)10-16-15(12)11-8-6-5-7-9-11;1-2/h3-9H,10H2,1-2H3,(H,17,18);1-2H3/b12-3+,13-4+;. The summed E-state index contributed by atoms with van der Waals surface area (Å²) in [5.41, 5.74) is 3.68. The van der Waals surface area contributed by atoms with Gasteiger partial charge in [-0.3, -0.25) is 9.79 Å². The van der Waals surface area contributed by atoms with E-state index in [4.69, 9.17) is 0 Å². The molecule has 1 aromatic carbocycles. The van der Waals surface area contributed by atoms with Gasteiger partial charge in [0.15, 0.2) is 0 Å². The van der Waals surface area contributed by atoms with Gasteiger partial charge in [0.1, 0.15) is 6.54 Å². The highest BCUT2D eigenvalue weighted by Gasteiger charge is 2.18. The Hall–Kier alpha value is -2.16. The van der Waals surface area contributed by atoms with Gasteiger partial charge < -0.3 is 5.32 Å². The zero-order valence-corrected chi connectivity index (χ0v) is 12.6. The van der Waals surface area contributed by atoms with Gasteiger partial charge in [-0.1, -0.05) is 56.3 Å². The van der Waals surface area contributed by atoms with E-state index in [1.807, 2.05) is 70.2 Å². The molecule has 106 valence electrons. The quantitative estimate of drug-likeness (QED) is 0.834. The molecule has 0 saturated heterocycles. The first-order valence-electron chi connectivity index (χ1n) is 6.99. The van der Waals surface area contributed by atoms with Crippen molar-refractivity contribution in [1.29, 1.82) is 0 Å². The van der Waals surface area contributed by atoms with Crippen LogP contribution in [0.4, 0.5) is 0 Å². The van der Waals surface area contributed by atoms with E-state index in [1.165, 1.54) is 0 Å². The molecule has 1 N–H and O–H groups in total. The zero-order valence-electron chi connectivity index (χ0n) is 12.6. The topological polar surface area (TPSA) is 41.5 Å². The van der Waals surface area contributed by atoms with Gasteiger partial charge in [0, 0.05) is 16.8 Å². The molecule has 3 heteroatoms. The zero-order chi connectivity index (χ0) is 15.0. The Kier molecular flexibility index (Phi) is 6.44. The summed E-state index contributed by atoms with van der Waals surface area (Å²) in [4.78, 5) is 16.0. The number of nitrogens with one attached hydrogen (secondary N) is 1. The second-order valence-electron chi connectivity index (χ2n) is 3.98. The van der Waals surface area contributed by atoms with Gasteiger partial charge >= 0.3 is 0 Å². The van der Waals surface area contributed by atoms with Crippen molar-refractivity contribution in [3.63, 3.8) is 0 Å². The number of rotatable bonds is 1. The Balaban J connectivity index is 0.000000956. The van der Waals surface area contributed by atoms with Gasteiger partial charge in [0.2, 0.25) is 5.91 Å². The van der Waals surface area contributed by atoms with Crippen LogP contribution in [0.1, 0.15) is 33.3 Å². The normalized spacial score (nSPS) is 18.8. The Morgan fingerprint density at radius 2 is 1.75 bits per heavy atom. The number of nitrogens with zero attached hydrogens (tertiary/aromatic N) is 1. The third kappa shape index (κ3) is 3.67. The molecule has 0 spiro atoms. The van der Waals surface area contributed by atoms with Crippen LogP contribution in [0.2, 0.25) is 0 Å². The van der Waals surface area contributed by atoms with Gasteiger partial charge in [-0.05, 0) is 13.8 Å². The first kappa shape index (κ1) is 15.9. The fourth-order valence-corrected chi connectivity index (χ4v) is 1.98. The number of amides is 1. The smallest absolute Gasteiger partial charge is 0.246 e. The van der Waals surface area contributed by atoms with Crippen LogP contribution in [-0.4, -0.2) is 18.2 Å². The van der Waals surface area contributed by atoms with E-state index >= 15 is 0 Å². The molecule has 1 aliphatic heterocycles. The minimum absolute atomic E-state index is 0.0756. The van der Waals surface area contributed by atoms with Crippen LogP contribution < -0.4 is 5.32 Å². The maximum Gasteiger partial charge on any atom is 0.246 e. The third-order valence-electron chi connectivity index (χ3n) is 2.82. The molecule has 0 atom stereocenters. The average Bonchev–Trinajstić information content (AvgIpc) is 2.68. The maximum atomic E-state index is 11.6. The highest BCUT2D eigenvalue weighted by atomic mass is 16.1. The van der Waals surface area contributed by atoms with Crippen molar-refractivity contribution in [2.24, 2.45) is 4.99 Å². The molecule has 1 heterocycles. The number of carbonyl (C=O) groups is 1. The maximum absolute atomic E-state index is 11.6. The second-order valence-corrected chi connectivity index (χ2v) is 3.98. The lowest BCUT2D eigenvalue weighted by molar-refractivity contribution is -0.118. The van der Waals surface area contributed by atoms with Crippen LogP contribution in [0, 0.1) is 0 Å². The van der Waals surface area contributed by atoms with Crippen LogP contribution in [0.15, 0.2) is 58.7 Å². The Morgan fingerprint density at radius 3 is 2.30 bits per heavy atom. The number of carbonyl (C=O) groups excluding carboxylic acids is 1. The van der Waals surface area contributed by atoms with Gasteiger partial charge in [-0.2, -0.15) is 0 Å². The van der Waals surface area contributed by atoms with Crippen LogP contribution in [0.25, 0.3) is 0 Å². The van der Waals surface area contributed by atoms with Crippen molar-refractivity contribution >= 4 is 11.6 Å². The van der Waals surface area contributed by atoms with Crippen LogP contribution in [0.5, 0.6) is 0 Å². The lowest BCUT2D eigenvalue weighted by Gasteiger charge is -2.11. The molecule has 0 unspecified atom stereocenters. The molecule has 3 nitrogen and oxygen atoms in total. The number of hydrogen-bond donors (Lipinski definition) is 1. The summed E-state index contributed by atoms with van der Waals surface area (Å²) in [5.74, 6) is -0.0756. The van der Waals surface area contributed by atoms with Crippen molar-refractivity contribution in [3.05, 3.63) is 59.3 Å². The summed E-state index contributed by atoms with van der Waals surface area (Å²) in [6.45, 7) is 8.03. The van der Waals surface area contributed by atoms with Crippen LogP contribution in [-0.2, 0) is 4.79 Å². The second kappa shape index (κ2) is 8.10. The Bertz CT molecular complexity index is 539. The van der Waals surface area contributed by atoms with E-state index in [2.05, 4.69) is 10.3 Å². The van der Waals surface area contributed by atoms with E-state index in [0.29, 0.717) is 0 Å². The molecular formula is C17H22N2O. The van der Waals surface area contributed by atoms with Crippen molar-refractivity contribution in [3.8, 4) is 0 Å². The van der Waals surface area contributed by atoms with Crippen LogP contribution in [0.3, 0.4) is 0 Å².